The molecule has 8 heteroatoms. The number of benzene rings is 3. The van der Waals surface area contributed by atoms with Crippen molar-refractivity contribution in [1.29, 1.82) is 0 Å². The van der Waals surface area contributed by atoms with Gasteiger partial charge in [0.15, 0.2) is 0 Å². The number of fused-ring (bicyclic) bond motifs is 1. The first-order valence-corrected chi connectivity index (χ1v) is 11.9. The number of para-hydroxylation sites is 1. The Kier molecular flexibility index (Phi) is 6.34. The van der Waals surface area contributed by atoms with Gasteiger partial charge in [0.2, 0.25) is 15.9 Å². The summed E-state index contributed by atoms with van der Waals surface area (Å²) in [4.78, 5) is 14.8. The summed E-state index contributed by atoms with van der Waals surface area (Å²) < 4.78 is 28.1. The van der Waals surface area contributed by atoms with Crippen LogP contribution in [0.1, 0.15) is 11.1 Å². The maximum absolute atomic E-state index is 13.4. The van der Waals surface area contributed by atoms with Gasteiger partial charge in [-0.25, -0.2) is 8.42 Å². The number of nitrogens with zero attached hydrogens (tertiary/aromatic N) is 2. The summed E-state index contributed by atoms with van der Waals surface area (Å²) in [5, 5.41) is 0.405. The molecule has 0 spiro atoms. The fourth-order valence-electron chi connectivity index (χ4n) is 3.63. The van der Waals surface area contributed by atoms with Gasteiger partial charge in [-0.2, -0.15) is 4.31 Å². The SMILES string of the molecule is O=C(CN(Cc1ccccc1)S(=O)(=O)c1ccc(Cl)c(Cl)c1)N1CCc2ccccc21. The van der Waals surface area contributed by atoms with Crippen LogP contribution in [0.25, 0.3) is 0 Å². The summed E-state index contributed by atoms with van der Waals surface area (Å²) >= 11 is 12.0. The molecule has 0 N–H and O–H groups in total. The molecule has 160 valence electrons. The monoisotopic (exact) mass is 474 g/mol. The quantitative estimate of drug-likeness (QED) is 0.516. The minimum Gasteiger partial charge on any atom is -0.311 e. The second kappa shape index (κ2) is 9.01. The summed E-state index contributed by atoms with van der Waals surface area (Å²) in [6.45, 7) is 0.306. The molecular weight excluding hydrogens is 455 g/mol. The molecule has 0 bridgehead atoms. The smallest absolute Gasteiger partial charge is 0.243 e. The molecule has 5 nitrogen and oxygen atoms in total. The molecule has 0 saturated heterocycles. The molecule has 0 saturated carbocycles. The predicted molar refractivity (Wildman–Crippen MR) is 123 cm³/mol. The third-order valence-electron chi connectivity index (χ3n) is 5.23. The van der Waals surface area contributed by atoms with Gasteiger partial charge in [-0.15, -0.1) is 0 Å². The Morgan fingerprint density at radius 3 is 2.39 bits per heavy atom. The van der Waals surface area contributed by atoms with Crippen LogP contribution in [0.15, 0.2) is 77.7 Å². The molecule has 0 radical (unpaired) electrons. The van der Waals surface area contributed by atoms with E-state index in [0.29, 0.717) is 6.54 Å². The van der Waals surface area contributed by atoms with Crippen molar-refractivity contribution in [1.82, 2.24) is 4.31 Å². The van der Waals surface area contributed by atoms with Gasteiger partial charge in [-0.05, 0) is 41.8 Å². The Morgan fingerprint density at radius 1 is 0.935 bits per heavy atom. The van der Waals surface area contributed by atoms with E-state index in [9.17, 15) is 13.2 Å². The highest BCUT2D eigenvalue weighted by molar-refractivity contribution is 7.89. The molecule has 4 rings (SSSR count). The van der Waals surface area contributed by atoms with E-state index in [0.717, 1.165) is 23.2 Å². The zero-order valence-electron chi connectivity index (χ0n) is 16.5. The highest BCUT2D eigenvalue weighted by Gasteiger charge is 2.31. The maximum Gasteiger partial charge on any atom is 0.243 e. The van der Waals surface area contributed by atoms with Crippen molar-refractivity contribution >= 4 is 44.8 Å². The fraction of sp³-hybridized carbons (Fsp3) is 0.174. The van der Waals surface area contributed by atoms with E-state index in [-0.39, 0.29) is 33.9 Å². The molecule has 1 amide bonds. The highest BCUT2D eigenvalue weighted by atomic mass is 35.5. The van der Waals surface area contributed by atoms with E-state index in [4.69, 9.17) is 23.2 Å². The predicted octanol–water partition coefficient (Wildman–Crippen LogP) is 4.77. The van der Waals surface area contributed by atoms with E-state index in [1.807, 2.05) is 54.6 Å². The Balaban J connectivity index is 1.66. The molecule has 3 aromatic rings. The number of rotatable bonds is 6. The summed E-state index contributed by atoms with van der Waals surface area (Å²) in [6, 6.07) is 21.0. The van der Waals surface area contributed by atoms with Crippen LogP contribution in [-0.4, -0.2) is 31.7 Å². The number of anilines is 1. The molecule has 0 unspecified atom stereocenters. The van der Waals surface area contributed by atoms with Crippen LogP contribution in [-0.2, 0) is 27.8 Å². The third kappa shape index (κ3) is 4.62. The number of hydrogen-bond acceptors (Lipinski definition) is 3. The minimum absolute atomic E-state index is 0.00699. The zero-order chi connectivity index (χ0) is 22.0. The first kappa shape index (κ1) is 21.8. The summed E-state index contributed by atoms with van der Waals surface area (Å²) in [5.41, 5.74) is 2.69. The second-order valence-electron chi connectivity index (χ2n) is 7.26. The lowest BCUT2D eigenvalue weighted by Gasteiger charge is -2.25. The van der Waals surface area contributed by atoms with Crippen LogP contribution in [0.5, 0.6) is 0 Å². The normalized spacial score (nSPS) is 13.5. The van der Waals surface area contributed by atoms with E-state index in [1.54, 1.807) is 4.90 Å². The molecule has 1 heterocycles. The highest BCUT2D eigenvalue weighted by Crippen LogP contribution is 2.30. The first-order valence-electron chi connectivity index (χ1n) is 9.73. The van der Waals surface area contributed by atoms with Gasteiger partial charge >= 0.3 is 0 Å². The lowest BCUT2D eigenvalue weighted by Crippen LogP contribution is -2.42. The van der Waals surface area contributed by atoms with Gasteiger partial charge in [0.25, 0.3) is 0 Å². The molecule has 1 aliphatic heterocycles. The molecule has 3 aromatic carbocycles. The standard InChI is InChI=1S/C23H20Cl2N2O3S/c24-20-11-10-19(14-21(20)25)31(29,30)26(15-17-6-2-1-3-7-17)16-23(28)27-13-12-18-8-4-5-9-22(18)27/h1-11,14H,12-13,15-16H2. The molecule has 31 heavy (non-hydrogen) atoms. The zero-order valence-corrected chi connectivity index (χ0v) is 18.9. The Bertz CT molecular complexity index is 1220. The van der Waals surface area contributed by atoms with Gasteiger partial charge < -0.3 is 4.90 Å². The van der Waals surface area contributed by atoms with E-state index in [2.05, 4.69) is 0 Å². The van der Waals surface area contributed by atoms with Gasteiger partial charge in [-0.1, -0.05) is 71.7 Å². The molecule has 0 aliphatic carbocycles. The number of halogens is 2. The van der Waals surface area contributed by atoms with Crippen molar-refractivity contribution in [2.24, 2.45) is 0 Å². The average molecular weight is 475 g/mol. The summed E-state index contributed by atoms with van der Waals surface area (Å²) in [5.74, 6) is -0.274. The average Bonchev–Trinajstić information content (AvgIpc) is 3.20. The first-order chi connectivity index (χ1) is 14.9. The lowest BCUT2D eigenvalue weighted by atomic mass is 10.2. The van der Waals surface area contributed by atoms with E-state index >= 15 is 0 Å². The van der Waals surface area contributed by atoms with Gasteiger partial charge in [0.05, 0.1) is 21.5 Å². The van der Waals surface area contributed by atoms with Crippen LogP contribution in [0, 0.1) is 0 Å². The van der Waals surface area contributed by atoms with Gasteiger partial charge in [0.1, 0.15) is 0 Å². The fourth-order valence-corrected chi connectivity index (χ4v) is 5.40. The minimum atomic E-state index is -4.00. The van der Waals surface area contributed by atoms with Gasteiger partial charge in [-0.3, -0.25) is 4.79 Å². The van der Waals surface area contributed by atoms with Crippen molar-refractivity contribution in [2.75, 3.05) is 18.0 Å². The topological polar surface area (TPSA) is 57.7 Å². The van der Waals surface area contributed by atoms with Crippen molar-refractivity contribution in [3.63, 3.8) is 0 Å². The van der Waals surface area contributed by atoms with Crippen LogP contribution >= 0.6 is 23.2 Å². The Morgan fingerprint density at radius 2 is 1.65 bits per heavy atom. The number of hydrogen-bond donors (Lipinski definition) is 0. The van der Waals surface area contributed by atoms with Gasteiger partial charge in [0, 0.05) is 18.8 Å². The Hall–Kier alpha value is -2.38. The summed E-state index contributed by atoms with van der Waals surface area (Å²) in [6.07, 6.45) is 0.750. The van der Waals surface area contributed by atoms with Crippen molar-refractivity contribution in [3.05, 3.63) is 94.0 Å². The molecular formula is C23H20Cl2N2O3S. The van der Waals surface area contributed by atoms with Crippen LogP contribution in [0.3, 0.4) is 0 Å². The maximum atomic E-state index is 13.4. The van der Waals surface area contributed by atoms with E-state index < -0.39 is 10.0 Å². The number of carbonyl (C=O) groups is 1. The number of sulfonamides is 1. The largest absolute Gasteiger partial charge is 0.311 e. The Labute approximate surface area is 191 Å². The lowest BCUT2D eigenvalue weighted by molar-refractivity contribution is -0.118. The number of carbonyl (C=O) groups excluding carboxylic acids is 1. The van der Waals surface area contributed by atoms with Crippen molar-refractivity contribution in [3.8, 4) is 0 Å². The third-order valence-corrected chi connectivity index (χ3v) is 7.76. The van der Waals surface area contributed by atoms with E-state index in [1.165, 1.54) is 22.5 Å². The second-order valence-corrected chi connectivity index (χ2v) is 10.0. The van der Waals surface area contributed by atoms with Crippen molar-refractivity contribution < 1.29 is 13.2 Å². The van der Waals surface area contributed by atoms with Crippen LogP contribution < -0.4 is 4.90 Å². The molecule has 1 aliphatic rings. The van der Waals surface area contributed by atoms with Crippen LogP contribution in [0.2, 0.25) is 10.0 Å². The van der Waals surface area contributed by atoms with Crippen molar-refractivity contribution in [2.45, 2.75) is 17.9 Å². The number of amides is 1. The summed E-state index contributed by atoms with van der Waals surface area (Å²) in [7, 11) is -4.00. The molecule has 0 atom stereocenters. The van der Waals surface area contributed by atoms with Crippen LogP contribution in [0.4, 0.5) is 5.69 Å². The molecule has 0 aromatic heterocycles. The molecule has 0 fully saturated rings.